The van der Waals surface area contributed by atoms with Crippen molar-refractivity contribution in [3.05, 3.63) is 24.0 Å². The van der Waals surface area contributed by atoms with Crippen LogP contribution in [-0.4, -0.2) is 24.8 Å². The summed E-state index contributed by atoms with van der Waals surface area (Å²) in [5, 5.41) is 3.27. The third-order valence-corrected chi connectivity index (χ3v) is 2.08. The molecule has 1 N–H and O–H groups in total. The van der Waals surface area contributed by atoms with E-state index < -0.39 is 0 Å². The molecule has 0 aliphatic rings. The van der Waals surface area contributed by atoms with Gasteiger partial charge in [0.05, 0.1) is 25.2 Å². The Morgan fingerprint density at radius 1 is 1.44 bits per heavy atom. The fraction of sp³-hybridized carbons (Fsp3) is 0.583. The summed E-state index contributed by atoms with van der Waals surface area (Å²) >= 11 is 0. The van der Waals surface area contributed by atoms with Crippen molar-refractivity contribution in [1.82, 2.24) is 10.3 Å². The van der Waals surface area contributed by atoms with Crippen LogP contribution in [0.4, 0.5) is 4.39 Å². The molecule has 0 unspecified atom stereocenters. The summed E-state index contributed by atoms with van der Waals surface area (Å²) in [7, 11) is 0. The fourth-order valence-corrected chi connectivity index (χ4v) is 1.24. The van der Waals surface area contributed by atoms with Crippen LogP contribution in [0.3, 0.4) is 0 Å². The third-order valence-electron chi connectivity index (χ3n) is 2.08. The number of pyridine rings is 1. The monoisotopic (exact) mass is 226 g/mol. The largest absolute Gasteiger partial charge is 0.492 e. The third kappa shape index (κ3) is 5.07. The summed E-state index contributed by atoms with van der Waals surface area (Å²) in [5.74, 6) is 0.702. The smallest absolute Gasteiger partial charge is 0.137 e. The molecule has 4 heteroatoms. The van der Waals surface area contributed by atoms with Crippen molar-refractivity contribution >= 4 is 0 Å². The van der Waals surface area contributed by atoms with Gasteiger partial charge in [0.25, 0.3) is 0 Å². The highest BCUT2D eigenvalue weighted by molar-refractivity contribution is 5.19. The van der Waals surface area contributed by atoms with E-state index >= 15 is 0 Å². The highest BCUT2D eigenvalue weighted by Crippen LogP contribution is 2.09. The number of hydrogen-bond donors (Lipinski definition) is 1. The average Bonchev–Trinajstić information content (AvgIpc) is 2.32. The molecule has 1 heterocycles. The molecule has 16 heavy (non-hydrogen) atoms. The number of rotatable bonds is 8. The van der Waals surface area contributed by atoms with Gasteiger partial charge in [-0.25, -0.2) is 0 Å². The molecule has 0 amide bonds. The first kappa shape index (κ1) is 12.9. The van der Waals surface area contributed by atoms with Gasteiger partial charge in [0, 0.05) is 13.0 Å². The van der Waals surface area contributed by atoms with E-state index in [0.717, 1.165) is 25.2 Å². The number of ether oxygens (including phenoxy) is 1. The summed E-state index contributed by atoms with van der Waals surface area (Å²) in [6.07, 6.45) is 3.23. The Morgan fingerprint density at radius 3 is 2.94 bits per heavy atom. The van der Waals surface area contributed by atoms with Crippen LogP contribution in [-0.2, 0) is 6.54 Å². The zero-order valence-electron chi connectivity index (χ0n) is 9.71. The van der Waals surface area contributed by atoms with E-state index in [9.17, 15) is 4.39 Å². The second kappa shape index (κ2) is 8.05. The maximum absolute atomic E-state index is 11.8. The standard InChI is InChI=1S/C12H19FN2O/c1-2-7-14-9-11-4-5-12(10-15-11)16-8-3-6-13/h4-5,10,14H,2-3,6-9H2,1H3. The molecule has 1 aromatic rings. The van der Waals surface area contributed by atoms with Gasteiger partial charge in [0.2, 0.25) is 0 Å². The minimum absolute atomic E-state index is 0.341. The second-order valence-corrected chi connectivity index (χ2v) is 3.55. The SMILES string of the molecule is CCCNCc1ccc(OCCCF)cn1. The average molecular weight is 226 g/mol. The van der Waals surface area contributed by atoms with Crippen LogP contribution >= 0.6 is 0 Å². The maximum Gasteiger partial charge on any atom is 0.137 e. The van der Waals surface area contributed by atoms with Crippen molar-refractivity contribution in [2.45, 2.75) is 26.3 Å². The second-order valence-electron chi connectivity index (χ2n) is 3.55. The number of hydrogen-bond acceptors (Lipinski definition) is 3. The zero-order chi connectivity index (χ0) is 11.6. The Balaban J connectivity index is 2.30. The summed E-state index contributed by atoms with van der Waals surface area (Å²) in [5.41, 5.74) is 0.992. The van der Waals surface area contributed by atoms with Gasteiger partial charge in [0.1, 0.15) is 5.75 Å². The van der Waals surface area contributed by atoms with Gasteiger partial charge in [0.15, 0.2) is 0 Å². The summed E-state index contributed by atoms with van der Waals surface area (Å²) < 4.78 is 17.1. The molecule has 90 valence electrons. The van der Waals surface area contributed by atoms with Gasteiger partial charge in [-0.15, -0.1) is 0 Å². The van der Waals surface area contributed by atoms with Gasteiger partial charge >= 0.3 is 0 Å². The summed E-state index contributed by atoms with van der Waals surface area (Å²) in [6, 6.07) is 3.79. The Morgan fingerprint density at radius 2 is 2.31 bits per heavy atom. The number of halogens is 1. The van der Waals surface area contributed by atoms with Gasteiger partial charge < -0.3 is 10.1 Å². The first-order valence-corrected chi connectivity index (χ1v) is 5.71. The van der Waals surface area contributed by atoms with E-state index in [1.165, 1.54) is 0 Å². The van der Waals surface area contributed by atoms with Gasteiger partial charge in [-0.3, -0.25) is 9.37 Å². The van der Waals surface area contributed by atoms with Crippen LogP contribution in [0.15, 0.2) is 18.3 Å². The Bertz CT molecular complexity index is 248. The number of nitrogens with zero attached hydrogens (tertiary/aromatic N) is 1. The molecule has 0 aromatic carbocycles. The lowest BCUT2D eigenvalue weighted by atomic mass is 10.3. The van der Waals surface area contributed by atoms with Gasteiger partial charge in [-0.1, -0.05) is 6.92 Å². The van der Waals surface area contributed by atoms with Crippen LogP contribution < -0.4 is 10.1 Å². The maximum atomic E-state index is 11.8. The normalized spacial score (nSPS) is 10.4. The van der Waals surface area contributed by atoms with Crippen molar-refractivity contribution < 1.29 is 9.13 Å². The molecule has 0 bridgehead atoms. The van der Waals surface area contributed by atoms with E-state index in [-0.39, 0.29) is 6.67 Å². The molecular formula is C12H19FN2O. The van der Waals surface area contributed by atoms with E-state index in [2.05, 4.69) is 17.2 Å². The molecule has 0 saturated carbocycles. The summed E-state index contributed by atoms with van der Waals surface area (Å²) in [4.78, 5) is 4.25. The Labute approximate surface area is 96.0 Å². The quantitative estimate of drug-likeness (QED) is 0.691. The van der Waals surface area contributed by atoms with Crippen LogP contribution in [0, 0.1) is 0 Å². The molecule has 1 rings (SSSR count). The molecule has 0 atom stereocenters. The van der Waals surface area contributed by atoms with E-state index in [1.54, 1.807) is 6.20 Å². The minimum atomic E-state index is -0.341. The lowest BCUT2D eigenvalue weighted by molar-refractivity contribution is 0.288. The Hall–Kier alpha value is -1.16. The number of aromatic nitrogens is 1. The first-order chi connectivity index (χ1) is 7.86. The minimum Gasteiger partial charge on any atom is -0.492 e. The van der Waals surface area contributed by atoms with Crippen molar-refractivity contribution in [1.29, 1.82) is 0 Å². The van der Waals surface area contributed by atoms with Crippen molar-refractivity contribution in [2.24, 2.45) is 0 Å². The van der Waals surface area contributed by atoms with Crippen LogP contribution in [0.1, 0.15) is 25.5 Å². The molecule has 0 spiro atoms. The van der Waals surface area contributed by atoms with E-state index in [4.69, 9.17) is 4.74 Å². The van der Waals surface area contributed by atoms with E-state index in [1.807, 2.05) is 12.1 Å². The van der Waals surface area contributed by atoms with Crippen molar-refractivity contribution in [2.75, 3.05) is 19.8 Å². The predicted molar refractivity (Wildman–Crippen MR) is 62.3 cm³/mol. The molecule has 0 aliphatic carbocycles. The molecule has 0 fully saturated rings. The van der Waals surface area contributed by atoms with Crippen molar-refractivity contribution in [3.8, 4) is 5.75 Å². The molecular weight excluding hydrogens is 207 g/mol. The topological polar surface area (TPSA) is 34.1 Å². The molecule has 0 radical (unpaired) electrons. The van der Waals surface area contributed by atoms with E-state index in [0.29, 0.717) is 18.8 Å². The highest BCUT2D eigenvalue weighted by atomic mass is 19.1. The lowest BCUT2D eigenvalue weighted by Gasteiger charge is -2.06. The number of alkyl halides is 1. The molecule has 1 aromatic heterocycles. The van der Waals surface area contributed by atoms with Gasteiger partial charge in [-0.2, -0.15) is 0 Å². The summed E-state index contributed by atoms with van der Waals surface area (Å²) in [6.45, 7) is 3.97. The Kier molecular flexibility index (Phi) is 6.49. The van der Waals surface area contributed by atoms with Crippen LogP contribution in [0.5, 0.6) is 5.75 Å². The van der Waals surface area contributed by atoms with Crippen LogP contribution in [0.25, 0.3) is 0 Å². The zero-order valence-corrected chi connectivity index (χ0v) is 9.71. The first-order valence-electron chi connectivity index (χ1n) is 5.71. The van der Waals surface area contributed by atoms with Gasteiger partial charge in [-0.05, 0) is 25.1 Å². The highest BCUT2D eigenvalue weighted by Gasteiger charge is 1.96. The van der Waals surface area contributed by atoms with Crippen molar-refractivity contribution in [3.63, 3.8) is 0 Å². The van der Waals surface area contributed by atoms with Crippen LogP contribution in [0.2, 0.25) is 0 Å². The lowest BCUT2D eigenvalue weighted by Crippen LogP contribution is -2.14. The molecule has 0 aliphatic heterocycles. The predicted octanol–water partition coefficient (Wildman–Crippen LogP) is 2.32. The number of nitrogens with one attached hydrogen (secondary N) is 1. The molecule has 0 saturated heterocycles. The molecule has 3 nitrogen and oxygen atoms in total. The fourth-order valence-electron chi connectivity index (χ4n) is 1.24.